The molecule has 6 nitrogen and oxygen atoms in total. The number of hydrogen-bond donors (Lipinski definition) is 1. The Bertz CT molecular complexity index is 1010. The molecule has 0 unspecified atom stereocenters. The van der Waals surface area contributed by atoms with Crippen molar-refractivity contribution >= 4 is 40.1 Å². The Morgan fingerprint density at radius 1 is 1.14 bits per heavy atom. The number of methoxy groups -OCH3 is 1. The van der Waals surface area contributed by atoms with Crippen LogP contribution in [-0.4, -0.2) is 29.2 Å². The molecule has 1 N–H and O–H groups in total. The van der Waals surface area contributed by atoms with Gasteiger partial charge in [-0.1, -0.05) is 35.2 Å². The van der Waals surface area contributed by atoms with Crippen molar-refractivity contribution in [2.45, 2.75) is 10.1 Å². The topological polar surface area (TPSA) is 81.2 Å². The van der Waals surface area contributed by atoms with Gasteiger partial charge in [0.15, 0.2) is 4.34 Å². The number of rotatable bonds is 6. The van der Waals surface area contributed by atoms with Gasteiger partial charge in [-0.05, 0) is 29.8 Å². The Morgan fingerprint density at radius 2 is 1.89 bits per heavy atom. The number of carbonyl (C=O) groups is 2. The number of halogens is 2. The fraction of sp³-hybridized carbons (Fsp3) is 0.111. The molecule has 28 heavy (non-hydrogen) atoms. The minimum Gasteiger partial charge on any atom is -0.465 e. The third-order valence-corrected chi connectivity index (χ3v) is 5.58. The number of aromatic nitrogens is 2. The van der Waals surface area contributed by atoms with E-state index in [-0.39, 0.29) is 10.7 Å². The highest BCUT2D eigenvalue weighted by atomic mass is 32.2. The molecule has 0 saturated carbocycles. The first-order valence-electron chi connectivity index (χ1n) is 7.86. The van der Waals surface area contributed by atoms with E-state index in [0.717, 1.165) is 29.0 Å². The van der Waals surface area contributed by atoms with Gasteiger partial charge in [0.1, 0.15) is 11.6 Å². The molecule has 10 heteroatoms. The van der Waals surface area contributed by atoms with E-state index in [0.29, 0.717) is 21.7 Å². The molecule has 1 heterocycles. The highest BCUT2D eigenvalue weighted by molar-refractivity contribution is 8.00. The number of amides is 1. The van der Waals surface area contributed by atoms with Crippen molar-refractivity contribution in [2.24, 2.45) is 0 Å². The molecule has 0 radical (unpaired) electrons. The van der Waals surface area contributed by atoms with Crippen molar-refractivity contribution in [1.29, 1.82) is 0 Å². The van der Waals surface area contributed by atoms with E-state index in [1.54, 1.807) is 24.3 Å². The quantitative estimate of drug-likeness (QED) is 0.366. The summed E-state index contributed by atoms with van der Waals surface area (Å²) in [6, 6.07) is 9.66. The zero-order valence-corrected chi connectivity index (χ0v) is 16.1. The van der Waals surface area contributed by atoms with Crippen LogP contribution in [0, 0.1) is 11.6 Å². The lowest BCUT2D eigenvalue weighted by molar-refractivity contribution is 0.0600. The van der Waals surface area contributed by atoms with Gasteiger partial charge in [-0.15, -0.1) is 10.2 Å². The Labute approximate surface area is 166 Å². The highest BCUT2D eigenvalue weighted by Crippen LogP contribution is 2.28. The van der Waals surface area contributed by atoms with Gasteiger partial charge in [-0.2, -0.15) is 0 Å². The molecule has 1 amide bonds. The van der Waals surface area contributed by atoms with Gasteiger partial charge >= 0.3 is 5.97 Å². The lowest BCUT2D eigenvalue weighted by Crippen LogP contribution is -2.13. The van der Waals surface area contributed by atoms with Crippen LogP contribution in [0.4, 0.5) is 13.9 Å². The summed E-state index contributed by atoms with van der Waals surface area (Å²) in [6.07, 6.45) is 0. The number of hydrogen-bond acceptors (Lipinski definition) is 7. The van der Waals surface area contributed by atoms with Gasteiger partial charge in [-0.25, -0.2) is 13.6 Å². The molecule has 0 aliphatic rings. The van der Waals surface area contributed by atoms with Gasteiger partial charge in [0.2, 0.25) is 5.13 Å². The normalized spacial score (nSPS) is 10.5. The first-order chi connectivity index (χ1) is 13.5. The monoisotopic (exact) mass is 421 g/mol. The Morgan fingerprint density at radius 3 is 2.57 bits per heavy atom. The molecule has 0 spiro atoms. The summed E-state index contributed by atoms with van der Waals surface area (Å²) in [4.78, 5) is 23.5. The van der Waals surface area contributed by atoms with Gasteiger partial charge < -0.3 is 4.74 Å². The fourth-order valence-corrected chi connectivity index (χ4v) is 3.86. The summed E-state index contributed by atoms with van der Waals surface area (Å²) in [7, 11) is 1.32. The third kappa shape index (κ3) is 4.90. The summed E-state index contributed by atoms with van der Waals surface area (Å²) in [6.45, 7) is 0. The standard InChI is InChI=1S/C18H13F2N3O3S2/c1-26-16(25)11-4-2-10(3-5-11)9-27-18-23-22-17(28-18)21-15(24)13-7-6-12(19)8-14(13)20/h2-8H,9H2,1H3,(H,21,22,24). The van der Waals surface area contributed by atoms with Crippen LogP contribution in [0.2, 0.25) is 0 Å². The van der Waals surface area contributed by atoms with Gasteiger partial charge in [-0.3, -0.25) is 10.1 Å². The number of nitrogens with one attached hydrogen (secondary N) is 1. The van der Waals surface area contributed by atoms with E-state index < -0.39 is 23.5 Å². The van der Waals surface area contributed by atoms with Crippen LogP contribution < -0.4 is 5.32 Å². The van der Waals surface area contributed by atoms with E-state index in [9.17, 15) is 18.4 Å². The van der Waals surface area contributed by atoms with Crippen LogP contribution in [0.5, 0.6) is 0 Å². The lowest BCUT2D eigenvalue weighted by atomic mass is 10.1. The maximum atomic E-state index is 13.7. The average Bonchev–Trinajstić information content (AvgIpc) is 3.13. The van der Waals surface area contributed by atoms with Crippen molar-refractivity contribution in [1.82, 2.24) is 10.2 Å². The maximum absolute atomic E-state index is 13.7. The largest absolute Gasteiger partial charge is 0.465 e. The second-order valence-corrected chi connectivity index (χ2v) is 7.63. The van der Waals surface area contributed by atoms with E-state index in [2.05, 4.69) is 20.3 Å². The van der Waals surface area contributed by atoms with Crippen LogP contribution in [-0.2, 0) is 10.5 Å². The number of ether oxygens (including phenoxy) is 1. The summed E-state index contributed by atoms with van der Waals surface area (Å²) in [5.41, 5.74) is 1.15. The van der Waals surface area contributed by atoms with E-state index >= 15 is 0 Å². The average molecular weight is 421 g/mol. The van der Waals surface area contributed by atoms with Crippen LogP contribution in [0.1, 0.15) is 26.3 Å². The number of carbonyl (C=O) groups excluding carboxylic acids is 2. The molecule has 0 aliphatic heterocycles. The molecule has 144 valence electrons. The van der Waals surface area contributed by atoms with Crippen LogP contribution in [0.15, 0.2) is 46.8 Å². The smallest absolute Gasteiger partial charge is 0.337 e. The molecular weight excluding hydrogens is 408 g/mol. The van der Waals surface area contributed by atoms with Gasteiger partial charge in [0.25, 0.3) is 5.91 Å². The zero-order valence-electron chi connectivity index (χ0n) is 14.4. The zero-order chi connectivity index (χ0) is 20.1. The highest BCUT2D eigenvalue weighted by Gasteiger charge is 2.15. The predicted molar refractivity (Wildman–Crippen MR) is 102 cm³/mol. The third-order valence-electron chi connectivity index (χ3n) is 3.54. The minimum atomic E-state index is -0.952. The summed E-state index contributed by atoms with van der Waals surface area (Å²) in [5.74, 6) is -2.27. The number of benzene rings is 2. The lowest BCUT2D eigenvalue weighted by Gasteiger charge is -2.02. The second kappa shape index (κ2) is 8.89. The predicted octanol–water partition coefficient (Wildman–Crippen LogP) is 4.15. The number of esters is 1. The van der Waals surface area contributed by atoms with Crippen molar-refractivity contribution in [3.63, 3.8) is 0 Å². The van der Waals surface area contributed by atoms with Crippen LogP contribution in [0.3, 0.4) is 0 Å². The van der Waals surface area contributed by atoms with Crippen LogP contribution in [0.25, 0.3) is 0 Å². The van der Waals surface area contributed by atoms with Crippen molar-refractivity contribution in [2.75, 3.05) is 12.4 Å². The van der Waals surface area contributed by atoms with Gasteiger partial charge in [0.05, 0.1) is 18.2 Å². The van der Waals surface area contributed by atoms with Crippen molar-refractivity contribution in [3.8, 4) is 0 Å². The summed E-state index contributed by atoms with van der Waals surface area (Å²) >= 11 is 2.53. The van der Waals surface area contributed by atoms with Crippen LogP contribution >= 0.6 is 23.1 Å². The molecule has 0 bridgehead atoms. The molecule has 1 aromatic heterocycles. The minimum absolute atomic E-state index is 0.206. The number of anilines is 1. The Kier molecular flexibility index (Phi) is 6.32. The molecule has 0 aliphatic carbocycles. The molecule has 3 rings (SSSR count). The first-order valence-corrected chi connectivity index (χ1v) is 9.66. The molecular formula is C18H13F2N3O3S2. The Hall–Kier alpha value is -2.85. The van der Waals surface area contributed by atoms with Crippen molar-refractivity contribution in [3.05, 3.63) is 70.8 Å². The second-order valence-electron chi connectivity index (χ2n) is 5.43. The first kappa shape index (κ1) is 19.9. The van der Waals surface area contributed by atoms with E-state index in [4.69, 9.17) is 0 Å². The number of thioether (sulfide) groups is 1. The van der Waals surface area contributed by atoms with Crippen molar-refractivity contribution < 1.29 is 23.1 Å². The van der Waals surface area contributed by atoms with Gasteiger partial charge in [0, 0.05) is 11.8 Å². The Balaban J connectivity index is 1.58. The maximum Gasteiger partial charge on any atom is 0.337 e. The molecule has 0 saturated heterocycles. The SMILES string of the molecule is COC(=O)c1ccc(CSc2nnc(NC(=O)c3ccc(F)cc3F)s2)cc1. The summed E-state index contributed by atoms with van der Waals surface area (Å²) in [5, 5.41) is 10.5. The number of nitrogens with zero attached hydrogens (tertiary/aromatic N) is 2. The molecule has 0 fully saturated rings. The van der Waals surface area contributed by atoms with E-state index in [1.807, 2.05) is 0 Å². The fourth-order valence-electron chi connectivity index (χ4n) is 2.16. The molecule has 3 aromatic rings. The molecule has 2 aromatic carbocycles. The van der Waals surface area contributed by atoms with E-state index in [1.165, 1.54) is 18.9 Å². The summed E-state index contributed by atoms with van der Waals surface area (Å²) < 4.78 is 31.8. The molecule has 0 atom stereocenters.